The number of aryl methyl sites for hydroxylation is 2. The van der Waals surface area contributed by atoms with Crippen LogP contribution in [0.3, 0.4) is 0 Å². The number of methoxy groups -OCH3 is 1. The highest BCUT2D eigenvalue weighted by molar-refractivity contribution is 7.86. The second kappa shape index (κ2) is 9.29. The molecule has 2 aromatic rings. The van der Waals surface area contributed by atoms with Crippen LogP contribution < -0.4 is 0 Å². The van der Waals surface area contributed by atoms with Gasteiger partial charge >= 0.3 is 16.1 Å². The van der Waals surface area contributed by atoms with Gasteiger partial charge in [-0.2, -0.15) is 8.42 Å². The van der Waals surface area contributed by atoms with E-state index in [-0.39, 0.29) is 23.8 Å². The van der Waals surface area contributed by atoms with Crippen molar-refractivity contribution in [2.75, 3.05) is 20.3 Å². The number of oxime groups is 1. The van der Waals surface area contributed by atoms with Crippen LogP contribution in [0.15, 0.2) is 58.6 Å². The lowest BCUT2D eigenvalue weighted by atomic mass is 10.1. The molecule has 0 fully saturated rings. The Balaban J connectivity index is 2.29. The normalized spacial score (nSPS) is 11.9. The predicted molar refractivity (Wildman–Crippen MR) is 100 cm³/mol. The molecule has 7 nitrogen and oxygen atoms in total. The molecule has 0 unspecified atom stereocenters. The van der Waals surface area contributed by atoms with E-state index in [1.165, 1.54) is 19.2 Å². The number of ether oxygens (including phenoxy) is 2. The predicted octanol–water partition coefficient (Wildman–Crippen LogP) is 2.60. The number of carbonyl (C=O) groups is 1. The van der Waals surface area contributed by atoms with E-state index in [9.17, 15) is 13.2 Å². The first-order valence-electron chi connectivity index (χ1n) is 8.15. The average molecular weight is 391 g/mol. The molecule has 0 aromatic heterocycles. The van der Waals surface area contributed by atoms with E-state index in [4.69, 9.17) is 13.8 Å². The third-order valence-electron chi connectivity index (χ3n) is 3.58. The molecule has 0 radical (unpaired) electrons. The minimum Gasteiger partial charge on any atom is -0.458 e. The van der Waals surface area contributed by atoms with Crippen molar-refractivity contribution in [2.24, 2.45) is 5.16 Å². The Morgan fingerprint density at radius 2 is 1.48 bits per heavy atom. The molecule has 0 heterocycles. The van der Waals surface area contributed by atoms with Crippen molar-refractivity contribution in [3.05, 3.63) is 65.2 Å². The molecular formula is C19H21NO6S. The zero-order chi connectivity index (χ0) is 19.9. The van der Waals surface area contributed by atoms with Gasteiger partial charge in [-0.15, -0.1) is 0 Å². The Bertz CT molecular complexity index is 902. The molecule has 0 aliphatic carbocycles. The molecule has 0 aliphatic rings. The molecule has 0 saturated heterocycles. The quantitative estimate of drug-likeness (QED) is 0.297. The third kappa shape index (κ3) is 5.90. The molecule has 27 heavy (non-hydrogen) atoms. The van der Waals surface area contributed by atoms with Crippen LogP contribution in [0.1, 0.15) is 16.7 Å². The van der Waals surface area contributed by atoms with Gasteiger partial charge in [-0.3, -0.25) is 4.28 Å². The second-order valence-corrected chi connectivity index (χ2v) is 7.31. The Labute approximate surface area is 158 Å². The van der Waals surface area contributed by atoms with Crippen molar-refractivity contribution in [3.63, 3.8) is 0 Å². The standard InChI is InChI=1S/C19H21NO6S/c1-14-4-8-16(9-5-14)18(19(21)25-13-12-24-3)20-26-27(22,23)17-10-6-15(2)7-11-17/h4-11H,12-13H2,1-3H3. The summed E-state index contributed by atoms with van der Waals surface area (Å²) in [5.74, 6) is -0.810. The maximum Gasteiger partial charge on any atom is 0.361 e. The van der Waals surface area contributed by atoms with Crippen LogP contribution in [0.5, 0.6) is 0 Å². The molecule has 8 heteroatoms. The third-order valence-corrected chi connectivity index (χ3v) is 4.70. The van der Waals surface area contributed by atoms with E-state index in [1.54, 1.807) is 36.4 Å². The van der Waals surface area contributed by atoms with Crippen molar-refractivity contribution < 1.29 is 27.0 Å². The summed E-state index contributed by atoms with van der Waals surface area (Å²) in [6.45, 7) is 3.93. The van der Waals surface area contributed by atoms with Crippen LogP contribution in [0.4, 0.5) is 0 Å². The van der Waals surface area contributed by atoms with Gasteiger partial charge in [0, 0.05) is 12.7 Å². The van der Waals surface area contributed by atoms with Crippen molar-refractivity contribution in [1.29, 1.82) is 0 Å². The summed E-state index contributed by atoms with van der Waals surface area (Å²) in [5, 5.41) is 3.59. The maximum absolute atomic E-state index is 12.3. The van der Waals surface area contributed by atoms with Crippen molar-refractivity contribution in [1.82, 2.24) is 0 Å². The number of esters is 1. The Morgan fingerprint density at radius 1 is 0.926 bits per heavy atom. The molecule has 0 aliphatic heterocycles. The fourth-order valence-electron chi connectivity index (χ4n) is 2.04. The second-order valence-electron chi connectivity index (χ2n) is 5.78. The summed E-state index contributed by atoms with van der Waals surface area (Å²) in [6.07, 6.45) is 0. The molecule has 0 spiro atoms. The van der Waals surface area contributed by atoms with Crippen LogP contribution in [-0.2, 0) is 28.7 Å². The van der Waals surface area contributed by atoms with Gasteiger partial charge in [-0.05, 0) is 26.0 Å². The Hall–Kier alpha value is -2.71. The minimum absolute atomic E-state index is 0.00489. The zero-order valence-corrected chi connectivity index (χ0v) is 16.2. The smallest absolute Gasteiger partial charge is 0.361 e. The van der Waals surface area contributed by atoms with E-state index in [0.717, 1.165) is 11.1 Å². The first kappa shape index (κ1) is 20.6. The molecule has 2 rings (SSSR count). The Kier molecular flexibility index (Phi) is 7.09. The molecule has 2 aromatic carbocycles. The number of benzene rings is 2. The number of hydrogen-bond acceptors (Lipinski definition) is 7. The fourth-order valence-corrected chi connectivity index (χ4v) is 2.77. The summed E-state index contributed by atoms with van der Waals surface area (Å²) in [5.41, 5.74) is 2.00. The lowest BCUT2D eigenvalue weighted by molar-refractivity contribution is -0.136. The van der Waals surface area contributed by atoms with Gasteiger partial charge in [0.05, 0.1) is 6.61 Å². The largest absolute Gasteiger partial charge is 0.458 e. The number of hydrogen-bond donors (Lipinski definition) is 0. The average Bonchev–Trinajstić information content (AvgIpc) is 2.64. The lowest BCUT2D eigenvalue weighted by Crippen LogP contribution is -2.22. The first-order chi connectivity index (χ1) is 12.8. The molecule has 0 saturated carbocycles. The van der Waals surface area contributed by atoms with Gasteiger partial charge in [0.25, 0.3) is 0 Å². The van der Waals surface area contributed by atoms with Gasteiger partial charge < -0.3 is 9.47 Å². The molecule has 144 valence electrons. The van der Waals surface area contributed by atoms with Gasteiger partial charge in [0.2, 0.25) is 0 Å². The highest BCUT2D eigenvalue weighted by atomic mass is 32.2. The topological polar surface area (TPSA) is 91.3 Å². The van der Waals surface area contributed by atoms with E-state index >= 15 is 0 Å². The summed E-state index contributed by atoms with van der Waals surface area (Å²) in [4.78, 5) is 12.3. The van der Waals surface area contributed by atoms with Crippen molar-refractivity contribution >= 4 is 21.8 Å². The zero-order valence-electron chi connectivity index (χ0n) is 15.3. The van der Waals surface area contributed by atoms with E-state index in [0.29, 0.717) is 5.56 Å². The van der Waals surface area contributed by atoms with Crippen LogP contribution >= 0.6 is 0 Å². The number of nitrogens with zero attached hydrogens (tertiary/aromatic N) is 1. The van der Waals surface area contributed by atoms with E-state index in [1.807, 2.05) is 13.8 Å². The molecule has 0 amide bonds. The van der Waals surface area contributed by atoms with Crippen molar-refractivity contribution in [2.45, 2.75) is 18.7 Å². The van der Waals surface area contributed by atoms with Crippen LogP contribution in [0.2, 0.25) is 0 Å². The minimum atomic E-state index is -4.17. The van der Waals surface area contributed by atoms with Crippen molar-refractivity contribution in [3.8, 4) is 0 Å². The lowest BCUT2D eigenvalue weighted by Gasteiger charge is -2.08. The fraction of sp³-hybridized carbons (Fsp3) is 0.263. The summed E-state index contributed by atoms with van der Waals surface area (Å²) in [6, 6.07) is 12.9. The number of carbonyl (C=O) groups excluding carboxylic acids is 1. The van der Waals surface area contributed by atoms with Crippen LogP contribution in [-0.4, -0.2) is 40.4 Å². The van der Waals surface area contributed by atoms with Crippen LogP contribution in [0, 0.1) is 13.8 Å². The molecule has 0 N–H and O–H groups in total. The molecule has 0 atom stereocenters. The van der Waals surface area contributed by atoms with E-state index < -0.39 is 16.1 Å². The Morgan fingerprint density at radius 3 is 2.04 bits per heavy atom. The van der Waals surface area contributed by atoms with Gasteiger partial charge in [-0.25, -0.2) is 4.79 Å². The highest BCUT2D eigenvalue weighted by Crippen LogP contribution is 2.15. The SMILES string of the molecule is COCCOC(=O)C(=NOS(=O)(=O)c1ccc(C)cc1)c1ccc(C)cc1. The highest BCUT2D eigenvalue weighted by Gasteiger charge is 2.21. The summed E-state index contributed by atoms with van der Waals surface area (Å²) >= 11 is 0. The monoisotopic (exact) mass is 391 g/mol. The molecular weight excluding hydrogens is 370 g/mol. The maximum atomic E-state index is 12.3. The van der Waals surface area contributed by atoms with E-state index in [2.05, 4.69) is 5.16 Å². The van der Waals surface area contributed by atoms with Gasteiger partial charge in [-0.1, -0.05) is 52.7 Å². The first-order valence-corrected chi connectivity index (χ1v) is 9.56. The van der Waals surface area contributed by atoms with Crippen LogP contribution in [0.25, 0.3) is 0 Å². The number of rotatable bonds is 8. The molecule has 0 bridgehead atoms. The van der Waals surface area contributed by atoms with Gasteiger partial charge in [0.15, 0.2) is 5.71 Å². The summed E-state index contributed by atoms with van der Waals surface area (Å²) < 4.78 is 39.3. The van der Waals surface area contributed by atoms with Gasteiger partial charge in [0.1, 0.15) is 11.5 Å². The summed E-state index contributed by atoms with van der Waals surface area (Å²) in [7, 11) is -2.69.